The molecule has 19 heavy (non-hydrogen) atoms. The molecule has 0 saturated carbocycles. The lowest BCUT2D eigenvalue weighted by Crippen LogP contribution is -2.29. The number of halogens is 2. The number of nitrogens with one attached hydrogen (secondary N) is 2. The van der Waals surface area contributed by atoms with E-state index in [-0.39, 0.29) is 18.9 Å². The molecule has 0 aliphatic carbocycles. The second kappa shape index (κ2) is 5.93. The summed E-state index contributed by atoms with van der Waals surface area (Å²) >= 11 is 0. The van der Waals surface area contributed by atoms with E-state index < -0.39 is 32.2 Å². The number of anilines is 1. The Bertz CT molecular complexity index is 590. The number of amides is 1. The second-order valence-corrected chi connectivity index (χ2v) is 5.36. The Hall–Kier alpha value is -1.74. The summed E-state index contributed by atoms with van der Waals surface area (Å²) in [5.41, 5.74) is 4.71. The molecular formula is C10H13F2N3O3S. The lowest BCUT2D eigenvalue weighted by molar-refractivity contribution is -0.120. The fraction of sp³-hybridized carbons (Fsp3) is 0.300. The van der Waals surface area contributed by atoms with Crippen molar-refractivity contribution in [1.29, 1.82) is 0 Å². The second-order valence-electron chi connectivity index (χ2n) is 3.63. The monoisotopic (exact) mass is 293 g/mol. The Labute approximate surface area is 109 Å². The predicted octanol–water partition coefficient (Wildman–Crippen LogP) is -0.0386. The minimum Gasteiger partial charge on any atom is -0.396 e. The molecule has 9 heteroatoms. The average molecular weight is 293 g/mol. The minimum absolute atomic E-state index is 0.103. The van der Waals surface area contributed by atoms with Crippen LogP contribution in [0.25, 0.3) is 0 Å². The molecule has 0 spiro atoms. The van der Waals surface area contributed by atoms with Gasteiger partial charge in [-0.1, -0.05) is 0 Å². The van der Waals surface area contributed by atoms with E-state index in [0.29, 0.717) is 12.1 Å². The molecule has 0 unspecified atom stereocenters. The van der Waals surface area contributed by atoms with Crippen molar-refractivity contribution in [3.8, 4) is 0 Å². The highest BCUT2D eigenvalue weighted by Crippen LogP contribution is 2.20. The third kappa shape index (κ3) is 3.86. The van der Waals surface area contributed by atoms with Crippen molar-refractivity contribution in [2.45, 2.75) is 11.3 Å². The lowest BCUT2D eigenvalue weighted by atomic mass is 10.3. The van der Waals surface area contributed by atoms with Crippen LogP contribution in [0.1, 0.15) is 6.42 Å². The van der Waals surface area contributed by atoms with Gasteiger partial charge in [0.1, 0.15) is 16.5 Å². The van der Waals surface area contributed by atoms with E-state index in [1.165, 1.54) is 7.05 Å². The quantitative estimate of drug-likeness (QED) is 0.663. The van der Waals surface area contributed by atoms with Gasteiger partial charge in [-0.05, 0) is 6.07 Å². The topological polar surface area (TPSA) is 101 Å². The van der Waals surface area contributed by atoms with E-state index >= 15 is 0 Å². The van der Waals surface area contributed by atoms with Crippen LogP contribution in [0.3, 0.4) is 0 Å². The Kier molecular flexibility index (Phi) is 4.78. The maximum absolute atomic E-state index is 13.4. The summed E-state index contributed by atoms with van der Waals surface area (Å²) in [4.78, 5) is 10.1. The maximum atomic E-state index is 13.4. The largest absolute Gasteiger partial charge is 0.396 e. The van der Waals surface area contributed by atoms with Gasteiger partial charge in [0.15, 0.2) is 0 Å². The summed E-state index contributed by atoms with van der Waals surface area (Å²) < 4.78 is 51.8. The molecule has 6 nitrogen and oxygen atoms in total. The van der Waals surface area contributed by atoms with Crippen LogP contribution in [-0.2, 0) is 14.8 Å². The Morgan fingerprint density at radius 1 is 1.32 bits per heavy atom. The van der Waals surface area contributed by atoms with Crippen molar-refractivity contribution in [3.63, 3.8) is 0 Å². The molecule has 0 radical (unpaired) electrons. The van der Waals surface area contributed by atoms with Crippen molar-refractivity contribution in [3.05, 3.63) is 23.8 Å². The van der Waals surface area contributed by atoms with Crippen LogP contribution >= 0.6 is 0 Å². The zero-order chi connectivity index (χ0) is 14.6. The number of nitrogens with two attached hydrogens (primary N) is 1. The van der Waals surface area contributed by atoms with Gasteiger partial charge in [-0.25, -0.2) is 21.9 Å². The first kappa shape index (κ1) is 15.3. The van der Waals surface area contributed by atoms with E-state index in [1.54, 1.807) is 0 Å². The summed E-state index contributed by atoms with van der Waals surface area (Å²) in [6.07, 6.45) is -0.103. The fourth-order valence-electron chi connectivity index (χ4n) is 1.25. The third-order valence-electron chi connectivity index (χ3n) is 2.26. The molecule has 1 aromatic carbocycles. The van der Waals surface area contributed by atoms with Crippen LogP contribution in [0.15, 0.2) is 17.0 Å². The van der Waals surface area contributed by atoms with E-state index in [1.807, 2.05) is 4.72 Å². The first-order chi connectivity index (χ1) is 8.77. The molecule has 0 heterocycles. The molecule has 0 bridgehead atoms. The number of rotatable bonds is 5. The number of carbonyl (C=O) groups excluding carboxylic acids is 1. The molecule has 0 fully saturated rings. The number of hydrogen-bond donors (Lipinski definition) is 3. The highest BCUT2D eigenvalue weighted by molar-refractivity contribution is 7.89. The van der Waals surface area contributed by atoms with Gasteiger partial charge < -0.3 is 11.1 Å². The van der Waals surface area contributed by atoms with Crippen molar-refractivity contribution in [1.82, 2.24) is 10.0 Å². The van der Waals surface area contributed by atoms with Gasteiger partial charge in [0.25, 0.3) is 0 Å². The number of hydrogen-bond acceptors (Lipinski definition) is 4. The minimum atomic E-state index is -4.19. The normalized spacial score (nSPS) is 11.3. The highest BCUT2D eigenvalue weighted by Gasteiger charge is 2.21. The van der Waals surface area contributed by atoms with Crippen LogP contribution in [0.4, 0.5) is 14.5 Å². The van der Waals surface area contributed by atoms with Crippen LogP contribution < -0.4 is 15.8 Å². The number of carbonyl (C=O) groups is 1. The third-order valence-corrected chi connectivity index (χ3v) is 3.74. The molecule has 4 N–H and O–H groups in total. The van der Waals surface area contributed by atoms with E-state index in [4.69, 9.17) is 5.73 Å². The predicted molar refractivity (Wildman–Crippen MR) is 64.6 cm³/mol. The van der Waals surface area contributed by atoms with Gasteiger partial charge >= 0.3 is 0 Å². The molecule has 1 amide bonds. The van der Waals surface area contributed by atoms with Crippen molar-refractivity contribution < 1.29 is 22.0 Å². The van der Waals surface area contributed by atoms with Gasteiger partial charge in [0, 0.05) is 26.1 Å². The van der Waals surface area contributed by atoms with Gasteiger partial charge in [0.05, 0.1) is 5.69 Å². The summed E-state index contributed by atoms with van der Waals surface area (Å²) in [5.74, 6) is -2.66. The van der Waals surface area contributed by atoms with Crippen LogP contribution in [0, 0.1) is 11.6 Å². The summed E-state index contributed by atoms with van der Waals surface area (Å²) in [6, 6.07) is 1.08. The van der Waals surface area contributed by atoms with Crippen molar-refractivity contribution in [2.75, 3.05) is 19.3 Å². The SMILES string of the molecule is CNC(=O)CCNS(=O)(=O)c1cc(N)c(F)cc1F. The highest BCUT2D eigenvalue weighted by atomic mass is 32.2. The van der Waals surface area contributed by atoms with Crippen molar-refractivity contribution in [2.24, 2.45) is 0 Å². The molecule has 0 aromatic heterocycles. The van der Waals surface area contributed by atoms with Gasteiger partial charge in [-0.3, -0.25) is 4.79 Å². The van der Waals surface area contributed by atoms with E-state index in [2.05, 4.69) is 5.32 Å². The van der Waals surface area contributed by atoms with Crippen molar-refractivity contribution >= 4 is 21.6 Å². The number of nitrogen functional groups attached to an aromatic ring is 1. The zero-order valence-electron chi connectivity index (χ0n) is 10.0. The Morgan fingerprint density at radius 3 is 2.53 bits per heavy atom. The van der Waals surface area contributed by atoms with Gasteiger partial charge in [0.2, 0.25) is 15.9 Å². The number of benzene rings is 1. The summed E-state index contributed by atoms with van der Waals surface area (Å²) in [7, 11) is -2.79. The molecule has 0 aliphatic heterocycles. The van der Waals surface area contributed by atoms with Crippen LogP contribution in [0.2, 0.25) is 0 Å². The van der Waals surface area contributed by atoms with Gasteiger partial charge in [-0.15, -0.1) is 0 Å². The molecule has 0 aliphatic rings. The molecular weight excluding hydrogens is 280 g/mol. The zero-order valence-corrected chi connectivity index (χ0v) is 10.9. The average Bonchev–Trinajstić information content (AvgIpc) is 2.33. The summed E-state index contributed by atoms with van der Waals surface area (Å²) in [5, 5.41) is 2.30. The molecule has 106 valence electrons. The summed E-state index contributed by atoms with van der Waals surface area (Å²) in [6.45, 7) is -0.210. The Balaban J connectivity index is 2.89. The molecule has 1 aromatic rings. The molecule has 0 saturated heterocycles. The molecule has 0 atom stereocenters. The van der Waals surface area contributed by atoms with Crippen LogP contribution in [0.5, 0.6) is 0 Å². The standard InChI is InChI=1S/C10H13F2N3O3S/c1-14-10(16)2-3-15-19(17,18)9-5-8(13)6(11)4-7(9)12/h4-5,15H,2-3,13H2,1H3,(H,14,16). The first-order valence-electron chi connectivity index (χ1n) is 5.22. The first-order valence-corrected chi connectivity index (χ1v) is 6.71. The molecule has 1 rings (SSSR count). The maximum Gasteiger partial charge on any atom is 0.243 e. The fourth-order valence-corrected chi connectivity index (χ4v) is 2.38. The van der Waals surface area contributed by atoms with Gasteiger partial charge in [-0.2, -0.15) is 0 Å². The lowest BCUT2D eigenvalue weighted by Gasteiger charge is -2.08. The van der Waals surface area contributed by atoms with E-state index in [0.717, 1.165) is 0 Å². The Morgan fingerprint density at radius 2 is 1.95 bits per heavy atom. The van der Waals surface area contributed by atoms with Crippen LogP contribution in [-0.4, -0.2) is 27.9 Å². The smallest absolute Gasteiger partial charge is 0.243 e. The number of sulfonamides is 1. The van der Waals surface area contributed by atoms with E-state index in [9.17, 15) is 22.0 Å².